The van der Waals surface area contributed by atoms with E-state index in [0.29, 0.717) is 11.3 Å². The predicted molar refractivity (Wildman–Crippen MR) is 85.6 cm³/mol. The van der Waals surface area contributed by atoms with E-state index in [-0.39, 0.29) is 18.1 Å². The number of amides is 1. The third-order valence-corrected chi connectivity index (χ3v) is 4.22. The minimum atomic E-state index is -0.547. The molecule has 1 aromatic carbocycles. The fourth-order valence-electron chi connectivity index (χ4n) is 2.97. The summed E-state index contributed by atoms with van der Waals surface area (Å²) >= 11 is 0. The maximum atomic E-state index is 11.6. The number of benzene rings is 1. The van der Waals surface area contributed by atoms with Gasteiger partial charge in [0.1, 0.15) is 0 Å². The number of carbonyl (C=O) groups is 1. The van der Waals surface area contributed by atoms with Crippen LogP contribution in [0.3, 0.4) is 0 Å². The van der Waals surface area contributed by atoms with Gasteiger partial charge in [0, 0.05) is 11.3 Å². The van der Waals surface area contributed by atoms with Crippen molar-refractivity contribution in [1.29, 1.82) is 5.41 Å². The Morgan fingerprint density at radius 2 is 1.86 bits per heavy atom. The monoisotopic (exact) mass is 301 g/mol. The smallest absolute Gasteiger partial charge is 0.247 e. The van der Waals surface area contributed by atoms with Gasteiger partial charge in [0.25, 0.3) is 0 Å². The molecule has 1 saturated carbocycles. The first-order valence-electron chi connectivity index (χ1n) is 7.69. The summed E-state index contributed by atoms with van der Waals surface area (Å²) in [4.78, 5) is 11.6. The van der Waals surface area contributed by atoms with Crippen molar-refractivity contribution in [3.05, 3.63) is 47.2 Å². The number of nitrogens with one attached hydrogen (secondary N) is 2. The van der Waals surface area contributed by atoms with E-state index < -0.39 is 5.91 Å². The first-order chi connectivity index (χ1) is 10.6. The van der Waals surface area contributed by atoms with Gasteiger partial charge in [-0.2, -0.15) is 0 Å². The van der Waals surface area contributed by atoms with Crippen molar-refractivity contribution < 1.29 is 10.0 Å². The van der Waals surface area contributed by atoms with Crippen molar-refractivity contribution >= 4 is 11.6 Å². The van der Waals surface area contributed by atoms with Crippen molar-refractivity contribution in [3.63, 3.8) is 0 Å². The third-order valence-electron chi connectivity index (χ3n) is 4.22. The molecule has 1 aliphatic rings. The fourth-order valence-corrected chi connectivity index (χ4v) is 2.97. The van der Waals surface area contributed by atoms with Crippen LogP contribution in [0.4, 0.5) is 0 Å². The highest BCUT2D eigenvalue weighted by Crippen LogP contribution is 2.30. The quantitative estimate of drug-likeness (QED) is 0.382. The van der Waals surface area contributed by atoms with Gasteiger partial charge in [-0.15, -0.1) is 0 Å². The van der Waals surface area contributed by atoms with Crippen LogP contribution >= 0.6 is 0 Å². The third kappa shape index (κ3) is 3.95. The maximum Gasteiger partial charge on any atom is 0.247 e. The Morgan fingerprint density at radius 3 is 2.45 bits per heavy atom. The minimum absolute atomic E-state index is 0.0768. The molecule has 1 fully saturated rings. The van der Waals surface area contributed by atoms with Crippen molar-refractivity contribution in [2.45, 2.75) is 38.5 Å². The first kappa shape index (κ1) is 16.2. The van der Waals surface area contributed by atoms with Crippen LogP contribution in [0.25, 0.3) is 0 Å². The van der Waals surface area contributed by atoms with E-state index in [9.17, 15) is 4.79 Å². The van der Waals surface area contributed by atoms with Gasteiger partial charge in [0.2, 0.25) is 5.91 Å². The summed E-state index contributed by atoms with van der Waals surface area (Å²) in [5.41, 5.74) is 10.1. The molecule has 0 aromatic heterocycles. The number of rotatable bonds is 5. The molecule has 118 valence electrons. The SMILES string of the molecule is N=C(C(CC(=O)NO)=C(N)C1CCCCC1)c1ccccc1. The molecular formula is C17H23N3O2. The van der Waals surface area contributed by atoms with E-state index in [1.165, 1.54) is 6.42 Å². The minimum Gasteiger partial charge on any atom is -0.402 e. The van der Waals surface area contributed by atoms with E-state index >= 15 is 0 Å². The number of carbonyl (C=O) groups excluding carboxylic acids is 1. The zero-order valence-corrected chi connectivity index (χ0v) is 12.6. The van der Waals surface area contributed by atoms with Crippen LogP contribution in [0.1, 0.15) is 44.1 Å². The zero-order valence-electron chi connectivity index (χ0n) is 12.6. The van der Waals surface area contributed by atoms with Crippen LogP contribution in [0.5, 0.6) is 0 Å². The van der Waals surface area contributed by atoms with E-state index in [1.54, 1.807) is 5.48 Å². The Bertz CT molecular complexity index is 561. The van der Waals surface area contributed by atoms with Gasteiger partial charge < -0.3 is 5.73 Å². The summed E-state index contributed by atoms with van der Waals surface area (Å²) in [6.45, 7) is 0. The van der Waals surface area contributed by atoms with Gasteiger partial charge in [-0.3, -0.25) is 15.4 Å². The van der Waals surface area contributed by atoms with Gasteiger partial charge in [-0.25, -0.2) is 5.48 Å². The van der Waals surface area contributed by atoms with Crippen molar-refractivity contribution in [2.24, 2.45) is 11.7 Å². The molecule has 22 heavy (non-hydrogen) atoms. The Labute approximate surface area is 130 Å². The first-order valence-corrected chi connectivity index (χ1v) is 7.69. The molecule has 0 bridgehead atoms. The number of nitrogens with two attached hydrogens (primary N) is 1. The average molecular weight is 301 g/mol. The van der Waals surface area contributed by atoms with Gasteiger partial charge >= 0.3 is 0 Å². The molecule has 1 aliphatic carbocycles. The zero-order chi connectivity index (χ0) is 15.9. The number of hydrogen-bond donors (Lipinski definition) is 4. The second-order valence-corrected chi connectivity index (χ2v) is 5.72. The molecule has 0 radical (unpaired) electrons. The second kappa shape index (κ2) is 7.75. The van der Waals surface area contributed by atoms with Gasteiger partial charge in [0.05, 0.1) is 12.1 Å². The lowest BCUT2D eigenvalue weighted by Crippen LogP contribution is -2.26. The summed E-state index contributed by atoms with van der Waals surface area (Å²) in [7, 11) is 0. The highest BCUT2D eigenvalue weighted by atomic mass is 16.5. The maximum absolute atomic E-state index is 11.6. The van der Waals surface area contributed by atoms with Crippen molar-refractivity contribution in [1.82, 2.24) is 5.48 Å². The molecule has 0 atom stereocenters. The van der Waals surface area contributed by atoms with Gasteiger partial charge in [0.15, 0.2) is 0 Å². The van der Waals surface area contributed by atoms with Crippen LogP contribution in [0.2, 0.25) is 0 Å². The predicted octanol–water partition coefficient (Wildman–Crippen LogP) is 2.74. The summed E-state index contributed by atoms with van der Waals surface area (Å²) in [5, 5.41) is 17.2. The lowest BCUT2D eigenvalue weighted by atomic mass is 9.83. The fraction of sp³-hybridized carbons (Fsp3) is 0.412. The van der Waals surface area contributed by atoms with Gasteiger partial charge in [-0.05, 0) is 24.3 Å². The molecule has 0 saturated heterocycles. The van der Waals surface area contributed by atoms with Crippen molar-refractivity contribution in [2.75, 3.05) is 0 Å². The van der Waals surface area contributed by atoms with E-state index in [1.807, 2.05) is 30.3 Å². The summed E-state index contributed by atoms with van der Waals surface area (Å²) in [5.74, 6) is -0.325. The normalized spacial score (nSPS) is 16.8. The average Bonchev–Trinajstić information content (AvgIpc) is 2.59. The summed E-state index contributed by atoms with van der Waals surface area (Å²) in [6, 6.07) is 9.24. The molecule has 0 unspecified atom stereocenters. The highest BCUT2D eigenvalue weighted by molar-refractivity contribution is 6.13. The second-order valence-electron chi connectivity index (χ2n) is 5.72. The Kier molecular flexibility index (Phi) is 5.72. The lowest BCUT2D eigenvalue weighted by molar-refractivity contribution is -0.128. The lowest BCUT2D eigenvalue weighted by Gasteiger charge is -2.25. The van der Waals surface area contributed by atoms with Crippen molar-refractivity contribution in [3.8, 4) is 0 Å². The van der Waals surface area contributed by atoms with E-state index in [4.69, 9.17) is 16.4 Å². The van der Waals surface area contributed by atoms with Crippen LogP contribution < -0.4 is 11.2 Å². The Balaban J connectivity index is 2.32. The number of allylic oxidation sites excluding steroid dienone is 1. The highest BCUT2D eigenvalue weighted by Gasteiger charge is 2.23. The van der Waals surface area contributed by atoms with Crippen LogP contribution in [-0.2, 0) is 4.79 Å². The molecule has 0 aliphatic heterocycles. The molecule has 0 spiro atoms. The summed E-state index contributed by atoms with van der Waals surface area (Å²) < 4.78 is 0. The van der Waals surface area contributed by atoms with E-state index in [0.717, 1.165) is 31.2 Å². The molecule has 0 heterocycles. The molecule has 1 aromatic rings. The number of hydroxylamine groups is 1. The molecule has 1 amide bonds. The summed E-state index contributed by atoms with van der Waals surface area (Å²) in [6.07, 6.45) is 5.39. The molecular weight excluding hydrogens is 278 g/mol. The molecule has 2 rings (SSSR count). The molecule has 5 heteroatoms. The van der Waals surface area contributed by atoms with Gasteiger partial charge in [-0.1, -0.05) is 49.6 Å². The molecule has 5 nitrogen and oxygen atoms in total. The largest absolute Gasteiger partial charge is 0.402 e. The standard InChI is InChI=1S/C17H23N3O2/c18-16(12-7-3-1-4-8-12)14(11-15(21)20-22)17(19)13-9-5-2-6-10-13/h1,3-4,7-8,13,18,22H,2,5-6,9-11,19H2,(H,20,21). The topological polar surface area (TPSA) is 99.2 Å². The number of hydrogen-bond acceptors (Lipinski definition) is 4. The molecule has 5 N–H and O–H groups in total. The Morgan fingerprint density at radius 1 is 1.23 bits per heavy atom. The van der Waals surface area contributed by atoms with Crippen LogP contribution in [0, 0.1) is 11.3 Å². The van der Waals surface area contributed by atoms with Crippen LogP contribution in [0.15, 0.2) is 41.6 Å². The van der Waals surface area contributed by atoms with Crippen LogP contribution in [-0.4, -0.2) is 16.8 Å². The Hall–Kier alpha value is -2.14. The van der Waals surface area contributed by atoms with E-state index in [2.05, 4.69) is 0 Å².